The van der Waals surface area contributed by atoms with E-state index in [0.717, 1.165) is 19.3 Å². The number of piperazine rings is 1. The fourth-order valence-corrected chi connectivity index (χ4v) is 2.46. The number of nitrogens with one attached hydrogen (secondary N) is 1. The quantitative estimate of drug-likeness (QED) is 0.787. The zero-order chi connectivity index (χ0) is 13.7. The van der Waals surface area contributed by atoms with Crippen molar-refractivity contribution in [1.29, 1.82) is 0 Å². The maximum Gasteiger partial charge on any atom is 0.245 e. The number of carbonyl (C=O) groups excluding carboxylic acids is 2. The molecule has 4 heteroatoms. The Balaban J connectivity index is 2.79. The molecular weight excluding hydrogens is 228 g/mol. The van der Waals surface area contributed by atoms with Crippen LogP contribution >= 0.6 is 0 Å². The molecule has 1 heterocycles. The number of hydrogen-bond acceptors (Lipinski definition) is 2. The van der Waals surface area contributed by atoms with Crippen LogP contribution in [0, 0.1) is 5.92 Å². The lowest BCUT2D eigenvalue weighted by atomic mass is 9.97. The molecule has 0 aromatic heterocycles. The van der Waals surface area contributed by atoms with Gasteiger partial charge in [-0.25, -0.2) is 0 Å². The number of rotatable bonds is 6. The summed E-state index contributed by atoms with van der Waals surface area (Å²) in [5, 5.41) is 2.87. The molecule has 1 rings (SSSR count). The lowest BCUT2D eigenvalue weighted by Crippen LogP contribution is -2.63. The van der Waals surface area contributed by atoms with Crippen LogP contribution in [0.3, 0.4) is 0 Å². The minimum atomic E-state index is -0.322. The first kappa shape index (κ1) is 15.0. The first-order valence-corrected chi connectivity index (χ1v) is 7.12. The highest BCUT2D eigenvalue weighted by Gasteiger charge is 2.38. The minimum absolute atomic E-state index is 0.0128. The number of hydrogen-bond donors (Lipinski definition) is 1. The molecule has 2 unspecified atom stereocenters. The van der Waals surface area contributed by atoms with Gasteiger partial charge >= 0.3 is 0 Å². The Morgan fingerprint density at radius 3 is 2.44 bits per heavy atom. The van der Waals surface area contributed by atoms with E-state index < -0.39 is 0 Å². The molecule has 0 aromatic carbocycles. The number of nitrogens with zero attached hydrogens (tertiary/aromatic N) is 1. The lowest BCUT2D eigenvalue weighted by molar-refractivity contribution is -0.150. The molecule has 1 N–H and O–H groups in total. The summed E-state index contributed by atoms with van der Waals surface area (Å²) in [5.41, 5.74) is 0. The summed E-state index contributed by atoms with van der Waals surface area (Å²) in [5.74, 6) is 0.521. The van der Waals surface area contributed by atoms with Gasteiger partial charge in [-0.2, -0.15) is 0 Å². The molecule has 1 aliphatic heterocycles. The van der Waals surface area contributed by atoms with Crippen molar-refractivity contribution in [2.75, 3.05) is 6.54 Å². The Hall–Kier alpha value is -1.06. The number of amides is 2. The molecular formula is C14H26N2O2. The Kier molecular flexibility index (Phi) is 5.63. The van der Waals surface area contributed by atoms with Crippen molar-refractivity contribution >= 4 is 11.8 Å². The predicted octanol–water partition coefficient (Wildman–Crippen LogP) is 1.94. The van der Waals surface area contributed by atoms with Gasteiger partial charge in [0.1, 0.15) is 12.1 Å². The van der Waals surface area contributed by atoms with Gasteiger partial charge in [-0.3, -0.25) is 9.59 Å². The van der Waals surface area contributed by atoms with E-state index in [-0.39, 0.29) is 23.9 Å². The fourth-order valence-electron chi connectivity index (χ4n) is 2.46. The third-order valence-electron chi connectivity index (χ3n) is 3.42. The molecule has 0 spiro atoms. The van der Waals surface area contributed by atoms with Crippen LogP contribution < -0.4 is 5.32 Å². The van der Waals surface area contributed by atoms with E-state index in [2.05, 4.69) is 26.1 Å². The second kappa shape index (κ2) is 6.76. The van der Waals surface area contributed by atoms with Crippen LogP contribution in [-0.2, 0) is 9.59 Å². The molecule has 1 saturated heterocycles. The van der Waals surface area contributed by atoms with E-state index in [1.165, 1.54) is 0 Å². The Labute approximate surface area is 110 Å². The van der Waals surface area contributed by atoms with E-state index in [1.807, 2.05) is 6.92 Å². The van der Waals surface area contributed by atoms with Crippen molar-refractivity contribution in [3.05, 3.63) is 0 Å². The topological polar surface area (TPSA) is 49.4 Å². The zero-order valence-corrected chi connectivity index (χ0v) is 12.0. The number of unbranched alkanes of at least 4 members (excludes halogenated alkanes) is 1. The number of carbonyl (C=O) groups is 2. The highest BCUT2D eigenvalue weighted by molar-refractivity contribution is 5.96. The summed E-state index contributed by atoms with van der Waals surface area (Å²) in [6.45, 7) is 8.90. The van der Waals surface area contributed by atoms with E-state index in [9.17, 15) is 9.59 Å². The Bertz CT molecular complexity index is 302. The van der Waals surface area contributed by atoms with Gasteiger partial charge < -0.3 is 10.2 Å². The van der Waals surface area contributed by atoms with Gasteiger partial charge in [-0.05, 0) is 25.2 Å². The van der Waals surface area contributed by atoms with Crippen molar-refractivity contribution in [1.82, 2.24) is 10.2 Å². The standard InChI is InChI=1S/C14H26N2O2/c1-5-7-8-16-12(6-2)13(17)15-11(14(16)18)9-10(3)4/h10-12H,5-9H2,1-4H3,(H,15,17). The molecule has 0 bridgehead atoms. The van der Waals surface area contributed by atoms with Crippen molar-refractivity contribution < 1.29 is 9.59 Å². The predicted molar refractivity (Wildman–Crippen MR) is 72.1 cm³/mol. The van der Waals surface area contributed by atoms with E-state index in [1.54, 1.807) is 4.90 Å². The first-order chi connectivity index (χ1) is 8.51. The summed E-state index contributed by atoms with van der Waals surface area (Å²) in [7, 11) is 0. The van der Waals surface area contributed by atoms with Gasteiger partial charge in [0.25, 0.3) is 0 Å². The van der Waals surface area contributed by atoms with Crippen molar-refractivity contribution in [3.63, 3.8) is 0 Å². The lowest BCUT2D eigenvalue weighted by Gasteiger charge is -2.39. The second-order valence-corrected chi connectivity index (χ2v) is 5.50. The van der Waals surface area contributed by atoms with E-state index >= 15 is 0 Å². The summed E-state index contributed by atoms with van der Waals surface area (Å²) >= 11 is 0. The summed E-state index contributed by atoms with van der Waals surface area (Å²) in [4.78, 5) is 26.2. The first-order valence-electron chi connectivity index (χ1n) is 7.12. The average molecular weight is 254 g/mol. The largest absolute Gasteiger partial charge is 0.342 e. The molecule has 0 saturated carbocycles. The van der Waals surface area contributed by atoms with E-state index in [0.29, 0.717) is 18.9 Å². The normalized spacial score (nSPS) is 24.6. The molecule has 4 nitrogen and oxygen atoms in total. The van der Waals surface area contributed by atoms with Crippen LogP contribution in [0.15, 0.2) is 0 Å². The fraction of sp³-hybridized carbons (Fsp3) is 0.857. The molecule has 1 fully saturated rings. The molecule has 2 amide bonds. The molecule has 0 aliphatic carbocycles. The third-order valence-corrected chi connectivity index (χ3v) is 3.42. The van der Waals surface area contributed by atoms with Crippen LogP contribution in [-0.4, -0.2) is 35.3 Å². The van der Waals surface area contributed by atoms with Gasteiger partial charge in [0.2, 0.25) is 11.8 Å². The monoisotopic (exact) mass is 254 g/mol. The highest BCUT2D eigenvalue weighted by Crippen LogP contribution is 2.18. The van der Waals surface area contributed by atoms with Crippen LogP contribution in [0.4, 0.5) is 0 Å². The summed E-state index contributed by atoms with van der Waals surface area (Å²) < 4.78 is 0. The Morgan fingerprint density at radius 2 is 1.94 bits per heavy atom. The van der Waals surface area contributed by atoms with Crippen molar-refractivity contribution in [2.24, 2.45) is 5.92 Å². The molecule has 1 aliphatic rings. The van der Waals surface area contributed by atoms with Crippen LogP contribution in [0.5, 0.6) is 0 Å². The molecule has 0 radical (unpaired) electrons. The smallest absolute Gasteiger partial charge is 0.245 e. The zero-order valence-electron chi connectivity index (χ0n) is 12.0. The molecule has 0 aromatic rings. The average Bonchev–Trinajstić information content (AvgIpc) is 2.30. The van der Waals surface area contributed by atoms with Gasteiger partial charge in [0, 0.05) is 6.54 Å². The SMILES string of the molecule is CCCCN1C(=O)C(CC(C)C)NC(=O)C1CC. The van der Waals surface area contributed by atoms with Crippen LogP contribution in [0.1, 0.15) is 53.4 Å². The minimum Gasteiger partial charge on any atom is -0.342 e. The van der Waals surface area contributed by atoms with Gasteiger partial charge in [0.05, 0.1) is 0 Å². The maximum atomic E-state index is 12.4. The molecule has 2 atom stereocenters. The van der Waals surface area contributed by atoms with Crippen molar-refractivity contribution in [3.8, 4) is 0 Å². The van der Waals surface area contributed by atoms with E-state index in [4.69, 9.17) is 0 Å². The van der Waals surface area contributed by atoms with Gasteiger partial charge in [-0.15, -0.1) is 0 Å². The molecule has 18 heavy (non-hydrogen) atoms. The van der Waals surface area contributed by atoms with Gasteiger partial charge in [0.15, 0.2) is 0 Å². The Morgan fingerprint density at radius 1 is 1.28 bits per heavy atom. The second-order valence-electron chi connectivity index (χ2n) is 5.50. The van der Waals surface area contributed by atoms with Crippen LogP contribution in [0.2, 0.25) is 0 Å². The van der Waals surface area contributed by atoms with Crippen molar-refractivity contribution in [2.45, 2.75) is 65.5 Å². The maximum absolute atomic E-state index is 12.4. The highest BCUT2D eigenvalue weighted by atomic mass is 16.2. The van der Waals surface area contributed by atoms with Gasteiger partial charge in [-0.1, -0.05) is 34.1 Å². The summed E-state index contributed by atoms with van der Waals surface area (Å²) in [6, 6.07) is -0.593. The summed E-state index contributed by atoms with van der Waals surface area (Å²) in [6.07, 6.45) is 3.42. The van der Waals surface area contributed by atoms with Crippen LogP contribution in [0.25, 0.3) is 0 Å². The third kappa shape index (κ3) is 3.47. The molecule has 104 valence electrons.